The van der Waals surface area contributed by atoms with Crippen LogP contribution in [0.3, 0.4) is 0 Å². The van der Waals surface area contributed by atoms with Crippen LogP contribution in [0.2, 0.25) is 0 Å². The van der Waals surface area contributed by atoms with E-state index in [4.69, 9.17) is 5.73 Å². The van der Waals surface area contributed by atoms with E-state index in [1.54, 1.807) is 12.1 Å². The van der Waals surface area contributed by atoms with Gasteiger partial charge in [0.25, 0.3) is 0 Å². The molecule has 0 radical (unpaired) electrons. The van der Waals surface area contributed by atoms with Crippen LogP contribution in [0.1, 0.15) is 25.3 Å². The van der Waals surface area contributed by atoms with Gasteiger partial charge in [-0.15, -0.1) is 0 Å². The molecule has 2 rings (SSSR count). The molecule has 1 saturated heterocycles. The largest absolute Gasteiger partial charge is 0.330 e. The molecular formula is C15H25N3O2S. The fourth-order valence-electron chi connectivity index (χ4n) is 2.63. The van der Waals surface area contributed by atoms with Gasteiger partial charge in [-0.2, -0.15) is 0 Å². The molecule has 1 unspecified atom stereocenters. The fourth-order valence-corrected chi connectivity index (χ4v) is 3.75. The molecule has 0 amide bonds. The molecule has 118 valence electrons. The number of benzene rings is 1. The maximum Gasteiger partial charge on any atom is 0.240 e. The first-order valence-electron chi connectivity index (χ1n) is 7.55. The van der Waals surface area contributed by atoms with Gasteiger partial charge in [-0.1, -0.05) is 12.1 Å². The minimum Gasteiger partial charge on any atom is -0.330 e. The number of sulfonamides is 1. The van der Waals surface area contributed by atoms with Crippen molar-refractivity contribution in [2.45, 2.75) is 37.1 Å². The lowest BCUT2D eigenvalue weighted by Gasteiger charge is -2.23. The Bertz CT molecular complexity index is 537. The van der Waals surface area contributed by atoms with E-state index in [1.165, 1.54) is 12.8 Å². The smallest absolute Gasteiger partial charge is 0.240 e. The van der Waals surface area contributed by atoms with Crippen molar-refractivity contribution in [3.8, 4) is 0 Å². The summed E-state index contributed by atoms with van der Waals surface area (Å²) in [6.45, 7) is 5.22. The number of likely N-dealkylation sites (tertiary alicyclic amines) is 1. The Kier molecular flexibility index (Phi) is 5.75. The van der Waals surface area contributed by atoms with Gasteiger partial charge in [-0.3, -0.25) is 4.90 Å². The lowest BCUT2D eigenvalue weighted by Crippen LogP contribution is -2.40. The average Bonchev–Trinajstić information content (AvgIpc) is 3.00. The summed E-state index contributed by atoms with van der Waals surface area (Å²) in [6, 6.07) is 7.18. The maximum atomic E-state index is 12.3. The van der Waals surface area contributed by atoms with Crippen molar-refractivity contribution >= 4 is 10.0 Å². The average molecular weight is 311 g/mol. The van der Waals surface area contributed by atoms with Crippen molar-refractivity contribution in [1.82, 2.24) is 9.62 Å². The monoisotopic (exact) mass is 311 g/mol. The van der Waals surface area contributed by atoms with Crippen LogP contribution in [0, 0.1) is 0 Å². The Labute approximate surface area is 127 Å². The van der Waals surface area contributed by atoms with Gasteiger partial charge in [0.2, 0.25) is 10.0 Å². The Balaban J connectivity index is 1.94. The van der Waals surface area contributed by atoms with E-state index >= 15 is 0 Å². The predicted molar refractivity (Wildman–Crippen MR) is 84.7 cm³/mol. The fraction of sp³-hybridized carbons (Fsp3) is 0.600. The van der Waals surface area contributed by atoms with Crippen molar-refractivity contribution in [2.75, 3.05) is 26.2 Å². The molecular weight excluding hydrogens is 286 g/mol. The quantitative estimate of drug-likeness (QED) is 0.786. The van der Waals surface area contributed by atoms with Crippen molar-refractivity contribution < 1.29 is 8.42 Å². The molecule has 0 bridgehead atoms. The van der Waals surface area contributed by atoms with Crippen LogP contribution >= 0.6 is 0 Å². The number of nitrogens with two attached hydrogens (primary N) is 1. The second kappa shape index (κ2) is 7.35. The minimum atomic E-state index is -3.42. The summed E-state index contributed by atoms with van der Waals surface area (Å²) in [5.74, 6) is 0. The molecule has 1 atom stereocenters. The first kappa shape index (κ1) is 16.4. The van der Waals surface area contributed by atoms with Crippen molar-refractivity contribution in [3.05, 3.63) is 29.8 Å². The summed E-state index contributed by atoms with van der Waals surface area (Å²) in [5.41, 5.74) is 6.55. The molecule has 0 saturated carbocycles. The molecule has 1 aliphatic rings. The Hall–Kier alpha value is -0.950. The van der Waals surface area contributed by atoms with E-state index in [2.05, 4.69) is 16.5 Å². The lowest BCUT2D eigenvalue weighted by atomic mass is 10.2. The zero-order chi connectivity index (χ0) is 15.3. The van der Waals surface area contributed by atoms with Crippen LogP contribution in [-0.2, 0) is 16.4 Å². The summed E-state index contributed by atoms with van der Waals surface area (Å²) in [5, 5.41) is 0. The van der Waals surface area contributed by atoms with E-state index in [9.17, 15) is 8.42 Å². The highest BCUT2D eigenvalue weighted by molar-refractivity contribution is 7.89. The van der Waals surface area contributed by atoms with Crippen molar-refractivity contribution in [3.63, 3.8) is 0 Å². The number of nitrogens with one attached hydrogen (secondary N) is 1. The molecule has 1 heterocycles. The maximum absolute atomic E-state index is 12.3. The Morgan fingerprint density at radius 2 is 1.86 bits per heavy atom. The third kappa shape index (κ3) is 4.51. The van der Waals surface area contributed by atoms with Gasteiger partial charge in [0.15, 0.2) is 0 Å². The molecule has 1 aromatic carbocycles. The van der Waals surface area contributed by atoms with Gasteiger partial charge in [-0.05, 0) is 63.5 Å². The number of nitrogens with zero attached hydrogens (tertiary/aromatic N) is 1. The zero-order valence-corrected chi connectivity index (χ0v) is 13.4. The normalized spacial score (nSPS) is 18.0. The highest BCUT2D eigenvalue weighted by atomic mass is 32.2. The second-order valence-corrected chi connectivity index (χ2v) is 7.39. The molecule has 0 aromatic heterocycles. The first-order valence-corrected chi connectivity index (χ1v) is 9.04. The van der Waals surface area contributed by atoms with E-state index in [1.807, 2.05) is 12.1 Å². The molecule has 1 aliphatic heterocycles. The summed E-state index contributed by atoms with van der Waals surface area (Å²) >= 11 is 0. The van der Waals surface area contributed by atoms with Gasteiger partial charge in [-0.25, -0.2) is 13.1 Å². The van der Waals surface area contributed by atoms with Gasteiger partial charge in [0.05, 0.1) is 4.90 Å². The molecule has 5 nitrogen and oxygen atoms in total. The number of rotatable bonds is 7. The van der Waals surface area contributed by atoms with Crippen LogP contribution < -0.4 is 10.5 Å². The van der Waals surface area contributed by atoms with Crippen molar-refractivity contribution in [2.24, 2.45) is 5.73 Å². The topological polar surface area (TPSA) is 75.4 Å². The number of hydrogen-bond donors (Lipinski definition) is 2. The van der Waals surface area contributed by atoms with E-state index < -0.39 is 10.0 Å². The summed E-state index contributed by atoms with van der Waals surface area (Å²) in [6.07, 6.45) is 3.18. The van der Waals surface area contributed by atoms with Gasteiger partial charge in [0.1, 0.15) is 0 Å². The van der Waals surface area contributed by atoms with Crippen LogP contribution in [0.15, 0.2) is 29.2 Å². The van der Waals surface area contributed by atoms with Crippen LogP contribution in [0.5, 0.6) is 0 Å². The second-order valence-electron chi connectivity index (χ2n) is 5.63. The predicted octanol–water partition coefficient (Wildman–Crippen LogP) is 0.950. The summed E-state index contributed by atoms with van der Waals surface area (Å²) in [7, 11) is -3.42. The molecule has 0 spiro atoms. The SMILES string of the molecule is CC(CNS(=O)(=O)c1ccc(CCN)cc1)N1CCCC1. The standard InChI is InChI=1S/C15H25N3O2S/c1-13(18-10-2-3-11-18)12-17-21(19,20)15-6-4-14(5-7-15)8-9-16/h4-7,13,17H,2-3,8-12,16H2,1H3. The van der Waals surface area contributed by atoms with E-state index in [0.29, 0.717) is 18.0 Å². The molecule has 0 aliphatic carbocycles. The van der Waals surface area contributed by atoms with Gasteiger partial charge >= 0.3 is 0 Å². The minimum absolute atomic E-state index is 0.235. The zero-order valence-electron chi connectivity index (χ0n) is 12.6. The number of hydrogen-bond acceptors (Lipinski definition) is 4. The third-order valence-corrected chi connectivity index (χ3v) is 5.44. The van der Waals surface area contributed by atoms with Gasteiger partial charge < -0.3 is 5.73 Å². The van der Waals surface area contributed by atoms with Gasteiger partial charge in [0, 0.05) is 12.6 Å². The van der Waals surface area contributed by atoms with E-state index in [-0.39, 0.29) is 6.04 Å². The van der Waals surface area contributed by atoms with Crippen LogP contribution in [0.4, 0.5) is 0 Å². The highest BCUT2D eigenvalue weighted by Gasteiger charge is 2.20. The van der Waals surface area contributed by atoms with E-state index in [0.717, 1.165) is 25.1 Å². The highest BCUT2D eigenvalue weighted by Crippen LogP contribution is 2.13. The Morgan fingerprint density at radius 3 is 2.43 bits per heavy atom. The molecule has 1 fully saturated rings. The molecule has 6 heteroatoms. The summed E-state index contributed by atoms with van der Waals surface area (Å²) in [4.78, 5) is 2.64. The van der Waals surface area contributed by atoms with Crippen molar-refractivity contribution in [1.29, 1.82) is 0 Å². The molecule has 1 aromatic rings. The summed E-state index contributed by atoms with van der Waals surface area (Å²) < 4.78 is 27.2. The molecule has 21 heavy (non-hydrogen) atoms. The first-order chi connectivity index (χ1) is 10.0. The lowest BCUT2D eigenvalue weighted by molar-refractivity contribution is 0.260. The third-order valence-electron chi connectivity index (χ3n) is 4.00. The van der Waals surface area contributed by atoms with Crippen LogP contribution in [-0.4, -0.2) is 45.5 Å². The Morgan fingerprint density at radius 1 is 1.24 bits per heavy atom. The van der Waals surface area contributed by atoms with Crippen LogP contribution in [0.25, 0.3) is 0 Å². The molecule has 3 N–H and O–H groups in total.